The maximum Gasteiger partial charge on any atom is 0.341 e. The van der Waals surface area contributed by atoms with Crippen molar-refractivity contribution in [1.29, 1.82) is 5.26 Å². The van der Waals surface area contributed by atoms with Gasteiger partial charge in [-0.1, -0.05) is 42.5 Å². The third kappa shape index (κ3) is 3.05. The molecule has 0 spiro atoms. The van der Waals surface area contributed by atoms with E-state index < -0.39 is 0 Å². The Balaban J connectivity index is 2.14. The lowest BCUT2D eigenvalue weighted by Gasteiger charge is -2.06. The van der Waals surface area contributed by atoms with Gasteiger partial charge in [0.2, 0.25) is 0 Å². The Morgan fingerprint density at radius 2 is 1.83 bits per heavy atom. The molecule has 1 aromatic heterocycles. The maximum atomic E-state index is 12.5. The molecular weight excluding hydrogens is 320 g/mol. The van der Waals surface area contributed by atoms with Crippen LogP contribution >= 0.6 is 11.5 Å². The predicted octanol–water partition coefficient (Wildman–Crippen LogP) is 4.53. The molecule has 0 fully saturated rings. The molecule has 0 atom stereocenters. The Kier molecular flexibility index (Phi) is 4.69. The molecule has 0 aliphatic rings. The highest BCUT2D eigenvalue weighted by atomic mass is 32.1. The number of hydrogen-bond donors (Lipinski definition) is 0. The predicted molar refractivity (Wildman–Crippen MR) is 93.7 cm³/mol. The van der Waals surface area contributed by atoms with Gasteiger partial charge in [0.15, 0.2) is 0 Å². The van der Waals surface area contributed by atoms with E-state index in [1.165, 1.54) is 11.5 Å². The third-order valence-electron chi connectivity index (χ3n) is 3.50. The first kappa shape index (κ1) is 15.9. The average molecular weight is 334 g/mol. The van der Waals surface area contributed by atoms with Crippen LogP contribution in [0.3, 0.4) is 0 Å². The molecule has 0 bridgehead atoms. The summed E-state index contributed by atoms with van der Waals surface area (Å²) < 4.78 is 9.71. The summed E-state index contributed by atoms with van der Waals surface area (Å²) in [5.41, 5.74) is 3.34. The third-order valence-corrected chi connectivity index (χ3v) is 4.39. The van der Waals surface area contributed by atoms with E-state index in [1.807, 2.05) is 30.3 Å². The van der Waals surface area contributed by atoms with Gasteiger partial charge in [0.05, 0.1) is 28.8 Å². The lowest BCUT2D eigenvalue weighted by atomic mass is 10.0. The van der Waals surface area contributed by atoms with Crippen molar-refractivity contribution in [3.05, 3.63) is 65.7 Å². The number of esters is 1. The second-order valence-corrected chi connectivity index (χ2v) is 5.78. The van der Waals surface area contributed by atoms with Crippen molar-refractivity contribution in [3.8, 4) is 27.8 Å². The zero-order chi connectivity index (χ0) is 16.9. The molecule has 0 saturated heterocycles. The fraction of sp³-hybridized carbons (Fsp3) is 0.105. The summed E-state index contributed by atoms with van der Waals surface area (Å²) in [6.45, 7) is 2.08. The van der Waals surface area contributed by atoms with Crippen molar-refractivity contribution < 1.29 is 9.53 Å². The lowest BCUT2D eigenvalue weighted by molar-refractivity contribution is 0.0528. The Morgan fingerprint density at radius 3 is 2.46 bits per heavy atom. The second kappa shape index (κ2) is 7.07. The number of nitriles is 1. The molecule has 0 amide bonds. The van der Waals surface area contributed by atoms with Crippen molar-refractivity contribution in [1.82, 2.24) is 4.37 Å². The van der Waals surface area contributed by atoms with Gasteiger partial charge in [0, 0.05) is 5.56 Å². The van der Waals surface area contributed by atoms with E-state index in [0.717, 1.165) is 16.0 Å². The van der Waals surface area contributed by atoms with E-state index >= 15 is 0 Å². The van der Waals surface area contributed by atoms with Gasteiger partial charge in [-0.15, -0.1) is 0 Å². The summed E-state index contributed by atoms with van der Waals surface area (Å²) in [6, 6.07) is 18.8. The van der Waals surface area contributed by atoms with Crippen LogP contribution in [-0.2, 0) is 4.74 Å². The normalized spacial score (nSPS) is 10.2. The van der Waals surface area contributed by atoms with Crippen LogP contribution in [-0.4, -0.2) is 16.9 Å². The molecule has 1 heterocycles. The minimum atomic E-state index is -0.385. The molecule has 2 aromatic carbocycles. The Morgan fingerprint density at radius 1 is 1.12 bits per heavy atom. The zero-order valence-corrected chi connectivity index (χ0v) is 13.8. The molecule has 0 N–H and O–H groups in total. The molecule has 118 valence electrons. The molecule has 0 aliphatic carbocycles. The first-order valence-electron chi connectivity index (χ1n) is 7.47. The smallest absolute Gasteiger partial charge is 0.341 e. The molecule has 0 radical (unpaired) electrons. The van der Waals surface area contributed by atoms with E-state index in [9.17, 15) is 4.79 Å². The summed E-state index contributed by atoms with van der Waals surface area (Å²) in [5.74, 6) is -0.385. The Bertz CT molecular complexity index is 893. The van der Waals surface area contributed by atoms with Crippen molar-refractivity contribution >= 4 is 17.5 Å². The van der Waals surface area contributed by atoms with Gasteiger partial charge in [-0.3, -0.25) is 0 Å². The number of rotatable bonds is 4. The minimum Gasteiger partial charge on any atom is -0.462 e. The quantitative estimate of drug-likeness (QED) is 0.658. The van der Waals surface area contributed by atoms with Gasteiger partial charge in [0.25, 0.3) is 0 Å². The minimum absolute atomic E-state index is 0.301. The van der Waals surface area contributed by atoms with Crippen LogP contribution in [0.5, 0.6) is 0 Å². The summed E-state index contributed by atoms with van der Waals surface area (Å²) >= 11 is 1.27. The highest BCUT2D eigenvalue weighted by Crippen LogP contribution is 2.36. The van der Waals surface area contributed by atoms with Crippen LogP contribution in [0.1, 0.15) is 22.8 Å². The number of carbonyl (C=O) groups excluding carboxylic acids is 1. The van der Waals surface area contributed by atoms with E-state index in [1.54, 1.807) is 31.2 Å². The first-order valence-corrected chi connectivity index (χ1v) is 8.24. The van der Waals surface area contributed by atoms with Gasteiger partial charge in [-0.05, 0) is 36.2 Å². The van der Waals surface area contributed by atoms with Crippen LogP contribution in [0, 0.1) is 11.3 Å². The Labute approximate surface area is 144 Å². The van der Waals surface area contributed by atoms with Crippen molar-refractivity contribution in [3.63, 3.8) is 0 Å². The van der Waals surface area contributed by atoms with Crippen LogP contribution in [0.15, 0.2) is 54.6 Å². The van der Waals surface area contributed by atoms with Gasteiger partial charge in [-0.25, -0.2) is 4.79 Å². The van der Waals surface area contributed by atoms with Crippen LogP contribution < -0.4 is 0 Å². The largest absolute Gasteiger partial charge is 0.462 e. The van der Waals surface area contributed by atoms with Gasteiger partial charge in [-0.2, -0.15) is 9.64 Å². The Hall–Kier alpha value is -2.97. The fourth-order valence-corrected chi connectivity index (χ4v) is 3.26. The van der Waals surface area contributed by atoms with Gasteiger partial charge >= 0.3 is 5.97 Å². The second-order valence-electron chi connectivity index (χ2n) is 5.01. The van der Waals surface area contributed by atoms with Crippen molar-refractivity contribution in [2.45, 2.75) is 6.92 Å². The fourth-order valence-electron chi connectivity index (χ4n) is 2.37. The molecule has 0 unspecified atom stereocenters. The number of carbonyl (C=O) groups is 1. The number of nitrogens with zero attached hydrogens (tertiary/aromatic N) is 2. The van der Waals surface area contributed by atoms with Crippen LogP contribution in [0.25, 0.3) is 21.7 Å². The summed E-state index contributed by atoms with van der Waals surface area (Å²) in [4.78, 5) is 13.3. The van der Waals surface area contributed by atoms with E-state index in [0.29, 0.717) is 23.4 Å². The number of ether oxygens (including phenoxy) is 1. The zero-order valence-electron chi connectivity index (χ0n) is 13.0. The maximum absolute atomic E-state index is 12.5. The molecule has 24 heavy (non-hydrogen) atoms. The monoisotopic (exact) mass is 334 g/mol. The highest BCUT2D eigenvalue weighted by molar-refractivity contribution is 7.10. The molecule has 5 heteroatoms. The lowest BCUT2D eigenvalue weighted by Crippen LogP contribution is -2.06. The molecule has 3 rings (SSSR count). The van der Waals surface area contributed by atoms with Crippen LogP contribution in [0.2, 0.25) is 0 Å². The topological polar surface area (TPSA) is 63.0 Å². The number of aromatic nitrogens is 1. The van der Waals surface area contributed by atoms with Crippen LogP contribution in [0.4, 0.5) is 0 Å². The van der Waals surface area contributed by atoms with Gasteiger partial charge < -0.3 is 4.74 Å². The summed E-state index contributed by atoms with van der Waals surface area (Å²) in [6.07, 6.45) is 0. The molecule has 0 aliphatic heterocycles. The summed E-state index contributed by atoms with van der Waals surface area (Å²) in [5, 5.41) is 8.93. The standard InChI is InChI=1S/C19H14N2O2S/c1-2-23-19(22)16-17(14-10-8-13(12-20)9-11-14)21-24-18(16)15-6-4-3-5-7-15/h3-11H,2H2,1H3. The SMILES string of the molecule is CCOC(=O)c1c(-c2ccc(C#N)cc2)nsc1-c1ccccc1. The highest BCUT2D eigenvalue weighted by Gasteiger charge is 2.24. The summed E-state index contributed by atoms with van der Waals surface area (Å²) in [7, 11) is 0. The molecule has 4 nitrogen and oxygen atoms in total. The first-order chi connectivity index (χ1) is 11.7. The molecule has 0 saturated carbocycles. The van der Waals surface area contributed by atoms with Crippen molar-refractivity contribution in [2.24, 2.45) is 0 Å². The van der Waals surface area contributed by atoms with Crippen molar-refractivity contribution in [2.75, 3.05) is 6.61 Å². The van der Waals surface area contributed by atoms with E-state index in [-0.39, 0.29) is 5.97 Å². The van der Waals surface area contributed by atoms with E-state index in [2.05, 4.69) is 10.4 Å². The van der Waals surface area contributed by atoms with Gasteiger partial charge in [0.1, 0.15) is 5.56 Å². The number of benzene rings is 2. The average Bonchev–Trinajstić information content (AvgIpc) is 3.08. The number of hydrogen-bond acceptors (Lipinski definition) is 5. The van der Waals surface area contributed by atoms with E-state index in [4.69, 9.17) is 10.00 Å². The molecule has 3 aromatic rings. The molecular formula is C19H14N2O2S.